The van der Waals surface area contributed by atoms with Gasteiger partial charge in [-0.25, -0.2) is 0 Å². The van der Waals surface area contributed by atoms with Crippen LogP contribution in [0.2, 0.25) is 0 Å². The molecule has 0 radical (unpaired) electrons. The summed E-state index contributed by atoms with van der Waals surface area (Å²) in [5.74, 6) is 0.843. The van der Waals surface area contributed by atoms with Crippen molar-refractivity contribution in [2.45, 2.75) is 12.3 Å². The fourth-order valence-electron chi connectivity index (χ4n) is 1.88. The second-order valence-electron chi connectivity index (χ2n) is 4.14. The minimum absolute atomic E-state index is 0.135. The summed E-state index contributed by atoms with van der Waals surface area (Å²) in [6, 6.07) is 14.0. The number of methoxy groups -OCH3 is 1. The summed E-state index contributed by atoms with van der Waals surface area (Å²) in [6.07, 6.45) is 0. The van der Waals surface area contributed by atoms with Crippen molar-refractivity contribution in [3.63, 3.8) is 0 Å². The van der Waals surface area contributed by atoms with Crippen LogP contribution in [0.5, 0.6) is 5.75 Å². The minimum atomic E-state index is -0.135. The number of aryl methyl sites for hydroxylation is 1. The quantitative estimate of drug-likeness (QED) is 0.714. The lowest BCUT2D eigenvalue weighted by Crippen LogP contribution is -1.96. The van der Waals surface area contributed by atoms with E-state index in [1.165, 1.54) is 5.56 Å². The van der Waals surface area contributed by atoms with E-state index < -0.39 is 0 Å². The number of alkyl halides is 1. The van der Waals surface area contributed by atoms with Crippen molar-refractivity contribution in [2.75, 3.05) is 7.11 Å². The van der Waals surface area contributed by atoms with Crippen LogP contribution in [0.25, 0.3) is 0 Å². The fraction of sp³-hybridized carbons (Fsp3) is 0.200. The first-order valence-electron chi connectivity index (χ1n) is 5.66. The highest BCUT2D eigenvalue weighted by molar-refractivity contribution is 9.10. The van der Waals surface area contributed by atoms with E-state index in [1.54, 1.807) is 7.11 Å². The Bertz CT molecular complexity index is 537. The second-order valence-corrected chi connectivity index (χ2v) is 5.49. The van der Waals surface area contributed by atoms with Crippen LogP contribution in [0.15, 0.2) is 46.9 Å². The van der Waals surface area contributed by atoms with Gasteiger partial charge in [0.1, 0.15) is 5.75 Å². The molecule has 2 rings (SSSR count). The summed E-state index contributed by atoms with van der Waals surface area (Å²) >= 11 is 9.99. The SMILES string of the molecule is COc1ccc(C(Cl)c2ccc(Br)cc2C)cc1. The molecule has 1 unspecified atom stereocenters. The molecule has 0 fully saturated rings. The van der Waals surface area contributed by atoms with Crippen molar-refractivity contribution in [1.82, 2.24) is 0 Å². The first-order chi connectivity index (χ1) is 8.61. The van der Waals surface area contributed by atoms with Gasteiger partial charge in [-0.05, 0) is 47.9 Å². The summed E-state index contributed by atoms with van der Waals surface area (Å²) < 4.78 is 6.22. The zero-order valence-electron chi connectivity index (χ0n) is 10.3. The smallest absolute Gasteiger partial charge is 0.118 e. The Labute approximate surface area is 121 Å². The molecule has 0 bridgehead atoms. The molecule has 0 amide bonds. The van der Waals surface area contributed by atoms with E-state index in [1.807, 2.05) is 30.3 Å². The standard InChI is InChI=1S/C15H14BrClO/c1-10-9-12(16)5-8-14(10)15(17)11-3-6-13(18-2)7-4-11/h3-9,15H,1-2H3. The number of rotatable bonds is 3. The molecule has 0 spiro atoms. The maximum absolute atomic E-state index is 6.53. The van der Waals surface area contributed by atoms with Crippen LogP contribution in [0.1, 0.15) is 22.1 Å². The van der Waals surface area contributed by atoms with Crippen molar-refractivity contribution in [3.8, 4) is 5.75 Å². The molecule has 0 aromatic heterocycles. The third kappa shape index (κ3) is 2.88. The molecule has 0 saturated carbocycles. The van der Waals surface area contributed by atoms with Crippen LogP contribution in [-0.4, -0.2) is 7.11 Å². The lowest BCUT2D eigenvalue weighted by atomic mass is 10.00. The molecule has 18 heavy (non-hydrogen) atoms. The van der Waals surface area contributed by atoms with Crippen molar-refractivity contribution in [2.24, 2.45) is 0 Å². The molecule has 1 atom stereocenters. The zero-order chi connectivity index (χ0) is 13.1. The number of benzene rings is 2. The third-order valence-electron chi connectivity index (χ3n) is 2.91. The Kier molecular flexibility index (Phi) is 4.31. The van der Waals surface area contributed by atoms with Gasteiger partial charge in [-0.3, -0.25) is 0 Å². The maximum atomic E-state index is 6.53. The van der Waals surface area contributed by atoms with Crippen LogP contribution in [-0.2, 0) is 0 Å². The van der Waals surface area contributed by atoms with Gasteiger partial charge in [0.2, 0.25) is 0 Å². The molecular formula is C15H14BrClO. The molecule has 1 nitrogen and oxygen atoms in total. The normalized spacial score (nSPS) is 12.2. The predicted molar refractivity (Wildman–Crippen MR) is 79.6 cm³/mol. The molecule has 2 aromatic rings. The zero-order valence-corrected chi connectivity index (χ0v) is 12.6. The van der Waals surface area contributed by atoms with Crippen LogP contribution in [0.4, 0.5) is 0 Å². The molecule has 0 aliphatic heterocycles. The largest absolute Gasteiger partial charge is 0.497 e. The van der Waals surface area contributed by atoms with Crippen LogP contribution >= 0.6 is 27.5 Å². The van der Waals surface area contributed by atoms with Crippen molar-refractivity contribution < 1.29 is 4.74 Å². The number of hydrogen-bond donors (Lipinski definition) is 0. The molecule has 0 saturated heterocycles. The Morgan fingerprint density at radius 1 is 1.11 bits per heavy atom. The Balaban J connectivity index is 2.31. The van der Waals surface area contributed by atoms with Gasteiger partial charge in [0.15, 0.2) is 0 Å². The summed E-state index contributed by atoms with van der Waals surface area (Å²) in [4.78, 5) is 0. The van der Waals surface area contributed by atoms with E-state index in [9.17, 15) is 0 Å². The summed E-state index contributed by atoms with van der Waals surface area (Å²) in [5, 5.41) is -0.135. The molecular weight excluding hydrogens is 312 g/mol. The van der Waals surface area contributed by atoms with Crippen molar-refractivity contribution >= 4 is 27.5 Å². The maximum Gasteiger partial charge on any atom is 0.118 e. The monoisotopic (exact) mass is 324 g/mol. The molecule has 0 heterocycles. The minimum Gasteiger partial charge on any atom is -0.497 e. The molecule has 0 N–H and O–H groups in total. The first kappa shape index (κ1) is 13.4. The molecule has 2 aromatic carbocycles. The third-order valence-corrected chi connectivity index (χ3v) is 3.89. The van der Waals surface area contributed by atoms with Gasteiger partial charge >= 0.3 is 0 Å². The predicted octanol–water partition coefficient (Wildman–Crippen LogP) is 5.09. The number of ether oxygens (including phenoxy) is 1. The Morgan fingerprint density at radius 3 is 2.33 bits per heavy atom. The lowest BCUT2D eigenvalue weighted by molar-refractivity contribution is 0.414. The van der Waals surface area contributed by atoms with Gasteiger partial charge in [0.25, 0.3) is 0 Å². The summed E-state index contributed by atoms with van der Waals surface area (Å²) in [6.45, 7) is 2.07. The first-order valence-corrected chi connectivity index (χ1v) is 6.89. The average molecular weight is 326 g/mol. The van der Waals surface area contributed by atoms with E-state index in [0.717, 1.165) is 21.3 Å². The van der Waals surface area contributed by atoms with Gasteiger partial charge in [-0.2, -0.15) is 0 Å². The van der Waals surface area contributed by atoms with Gasteiger partial charge in [-0.1, -0.05) is 34.1 Å². The second kappa shape index (κ2) is 5.77. The highest BCUT2D eigenvalue weighted by Gasteiger charge is 2.13. The number of hydrogen-bond acceptors (Lipinski definition) is 1. The van der Waals surface area contributed by atoms with Crippen LogP contribution in [0, 0.1) is 6.92 Å². The van der Waals surface area contributed by atoms with E-state index in [0.29, 0.717) is 0 Å². The van der Waals surface area contributed by atoms with Gasteiger partial charge in [0, 0.05) is 4.47 Å². The highest BCUT2D eigenvalue weighted by Crippen LogP contribution is 2.32. The molecule has 94 valence electrons. The van der Waals surface area contributed by atoms with Gasteiger partial charge in [0.05, 0.1) is 12.5 Å². The highest BCUT2D eigenvalue weighted by atomic mass is 79.9. The topological polar surface area (TPSA) is 9.23 Å². The van der Waals surface area contributed by atoms with Crippen LogP contribution < -0.4 is 4.74 Å². The van der Waals surface area contributed by atoms with Crippen molar-refractivity contribution in [1.29, 1.82) is 0 Å². The molecule has 0 aliphatic rings. The van der Waals surface area contributed by atoms with E-state index >= 15 is 0 Å². The van der Waals surface area contributed by atoms with E-state index in [2.05, 4.69) is 35.0 Å². The molecule has 3 heteroatoms. The average Bonchev–Trinajstić information content (AvgIpc) is 2.38. The Morgan fingerprint density at radius 2 is 1.78 bits per heavy atom. The number of halogens is 2. The summed E-state index contributed by atoms with van der Waals surface area (Å²) in [7, 11) is 1.66. The van der Waals surface area contributed by atoms with E-state index in [-0.39, 0.29) is 5.38 Å². The fourth-order valence-corrected chi connectivity index (χ4v) is 2.74. The Hall–Kier alpha value is -0.990. The summed E-state index contributed by atoms with van der Waals surface area (Å²) in [5.41, 5.74) is 3.38. The van der Waals surface area contributed by atoms with Crippen LogP contribution in [0.3, 0.4) is 0 Å². The molecule has 0 aliphatic carbocycles. The van der Waals surface area contributed by atoms with Gasteiger partial charge in [-0.15, -0.1) is 11.6 Å². The lowest BCUT2D eigenvalue weighted by Gasteiger charge is -2.14. The van der Waals surface area contributed by atoms with E-state index in [4.69, 9.17) is 16.3 Å². The van der Waals surface area contributed by atoms with Crippen molar-refractivity contribution in [3.05, 3.63) is 63.6 Å². The van der Waals surface area contributed by atoms with Gasteiger partial charge < -0.3 is 4.74 Å².